The molecule has 2 saturated carbocycles. The number of Topliss-reactive ketones (excluding diaryl/α,β-unsaturated/α-hetero) is 1. The molecule has 4 unspecified atom stereocenters. The van der Waals surface area contributed by atoms with Crippen molar-refractivity contribution in [2.75, 3.05) is 13.6 Å². The van der Waals surface area contributed by atoms with Gasteiger partial charge in [-0.1, -0.05) is 12.2 Å². The zero-order valence-electron chi connectivity index (χ0n) is 18.5. The van der Waals surface area contributed by atoms with Crippen LogP contribution in [-0.4, -0.2) is 67.9 Å². The third-order valence-corrected chi connectivity index (χ3v) is 6.82. The number of rotatable bonds is 4. The summed E-state index contributed by atoms with van der Waals surface area (Å²) in [4.78, 5) is 47.2. The van der Waals surface area contributed by atoms with E-state index < -0.39 is 21.3 Å². The Morgan fingerprint density at radius 1 is 1.28 bits per heavy atom. The fourth-order valence-corrected chi connectivity index (χ4v) is 4.16. The Balaban J connectivity index is 0.000000336. The number of carbonyl (C=O) groups is 3. The minimum atomic E-state index is -3.49. The molecule has 4 N–H and O–H groups in total. The number of nitrogens with one attached hydrogen (secondary N) is 2. The molecule has 0 spiro atoms. The Morgan fingerprint density at radius 3 is 2.56 bits per heavy atom. The number of amides is 3. The number of fused-ring (bicyclic) bond motifs is 1. The topological polar surface area (TPSA) is 156 Å². The molecule has 178 valence electrons. The van der Waals surface area contributed by atoms with Gasteiger partial charge in [0.15, 0.2) is 0 Å². The minimum Gasteiger partial charge on any atom is -0.351 e. The maximum Gasteiger partial charge on any atom is 0.317 e. The number of hydrogen-bond acceptors (Lipinski definition) is 6. The average molecular weight is 469 g/mol. The van der Waals surface area contributed by atoms with Gasteiger partial charge in [-0.2, -0.15) is 0 Å². The van der Waals surface area contributed by atoms with Crippen molar-refractivity contribution in [3.63, 3.8) is 0 Å². The summed E-state index contributed by atoms with van der Waals surface area (Å²) in [6.07, 6.45) is 9.20. The van der Waals surface area contributed by atoms with Crippen LogP contribution in [0.1, 0.15) is 51.9 Å². The average Bonchev–Trinajstić information content (AvgIpc) is 3.62. The van der Waals surface area contributed by atoms with Gasteiger partial charge in [0.25, 0.3) is 0 Å². The number of ketones is 1. The summed E-state index contributed by atoms with van der Waals surface area (Å²) >= 11 is 0. The first-order chi connectivity index (χ1) is 15.0. The number of primary sulfonamides is 1. The van der Waals surface area contributed by atoms with Crippen LogP contribution in [0.2, 0.25) is 0 Å². The monoisotopic (exact) mass is 468 g/mol. The van der Waals surface area contributed by atoms with Crippen molar-refractivity contribution < 1.29 is 27.6 Å². The molecule has 0 aromatic heterocycles. The molecule has 2 fully saturated rings. The zero-order valence-corrected chi connectivity index (χ0v) is 19.3. The Hall–Kier alpha value is -2.49. The molecular formula is C21H32N4O6S. The van der Waals surface area contributed by atoms with E-state index >= 15 is 0 Å². The molecule has 10 nitrogen and oxygen atoms in total. The lowest BCUT2D eigenvalue weighted by Gasteiger charge is -2.23. The van der Waals surface area contributed by atoms with E-state index in [2.05, 4.69) is 27.9 Å². The highest BCUT2D eigenvalue weighted by molar-refractivity contribution is 7.90. The summed E-state index contributed by atoms with van der Waals surface area (Å²) in [7, 11) is -1.76. The van der Waals surface area contributed by atoms with Gasteiger partial charge in [-0.05, 0) is 44.9 Å². The number of sulfonamides is 1. The Labute approximate surface area is 188 Å². The highest BCUT2D eigenvalue weighted by Gasteiger charge is 2.41. The van der Waals surface area contributed by atoms with Gasteiger partial charge in [-0.3, -0.25) is 4.79 Å². The van der Waals surface area contributed by atoms with Crippen LogP contribution in [0.15, 0.2) is 17.7 Å². The van der Waals surface area contributed by atoms with E-state index in [1.165, 1.54) is 12.9 Å². The lowest BCUT2D eigenvalue weighted by Crippen LogP contribution is -2.51. The molecule has 4 atom stereocenters. The summed E-state index contributed by atoms with van der Waals surface area (Å²) in [5, 5.41) is 9.70. The third-order valence-electron chi connectivity index (χ3n) is 5.57. The van der Waals surface area contributed by atoms with E-state index in [9.17, 15) is 27.6 Å². The van der Waals surface area contributed by atoms with Gasteiger partial charge < -0.3 is 20.3 Å². The van der Waals surface area contributed by atoms with Crippen molar-refractivity contribution in [1.82, 2.24) is 15.5 Å². The molecule has 3 rings (SSSR count). The molecule has 1 heterocycles. The van der Waals surface area contributed by atoms with E-state index in [1.807, 2.05) is 0 Å². The number of hydrogen-bond donors (Lipinski definition) is 3. The van der Waals surface area contributed by atoms with Crippen LogP contribution in [0, 0.1) is 5.92 Å². The number of carbonyl (C=O) groups excluding carboxylic acids is 4. The van der Waals surface area contributed by atoms with E-state index in [4.69, 9.17) is 0 Å². The molecule has 0 saturated heterocycles. The second-order valence-corrected chi connectivity index (χ2v) is 10.3. The summed E-state index contributed by atoms with van der Waals surface area (Å²) in [5.41, 5.74) is 0.262. The Kier molecular flexibility index (Phi) is 9.18. The highest BCUT2D eigenvalue weighted by atomic mass is 32.2. The largest absolute Gasteiger partial charge is 0.351 e. The first-order valence-electron chi connectivity index (χ1n) is 10.8. The standard InChI is InChI=1S/C17H27N3O3.C4H5NO3S/c1-12(21)8-9-14-16(22)18-15-11-13(15)7-5-3-4-6-10-20(2)17(23)19-14;5-9(7,8)4-1-3(4)2-6/h5,7,13-15H,3-4,6,8-11H2,1-2H3,(H,18,22)(H,19,23);4H,1H2,(H2,5,7,8)/b7-5+;. The molecule has 3 amide bonds. The van der Waals surface area contributed by atoms with Gasteiger partial charge in [-0.25, -0.2) is 23.1 Å². The SMILES string of the molecule is CC(=O)CCC1NC(=O)N(C)CCCC/C=C/C2CC2NC1=O.NS(=O)(=O)C1CC1=C=O. The number of allylic oxidation sites excluding steroid dienone is 1. The van der Waals surface area contributed by atoms with Gasteiger partial charge in [0.2, 0.25) is 15.9 Å². The van der Waals surface area contributed by atoms with Crippen molar-refractivity contribution in [3.05, 3.63) is 17.7 Å². The number of nitrogens with zero attached hydrogens (tertiary/aromatic N) is 1. The molecule has 2 aliphatic carbocycles. The fraction of sp³-hybridized carbons (Fsp3) is 0.667. The van der Waals surface area contributed by atoms with E-state index in [0.29, 0.717) is 18.9 Å². The van der Waals surface area contributed by atoms with Crippen LogP contribution >= 0.6 is 0 Å². The van der Waals surface area contributed by atoms with Crippen molar-refractivity contribution in [2.45, 2.75) is 69.2 Å². The second kappa shape index (κ2) is 11.4. The third kappa shape index (κ3) is 8.57. The molecule has 32 heavy (non-hydrogen) atoms. The van der Waals surface area contributed by atoms with Crippen molar-refractivity contribution >= 4 is 33.7 Å². The molecule has 0 aromatic rings. The van der Waals surface area contributed by atoms with Gasteiger partial charge in [0.05, 0.1) is 0 Å². The van der Waals surface area contributed by atoms with Crippen molar-refractivity contribution in [2.24, 2.45) is 11.1 Å². The fourth-order valence-electron chi connectivity index (χ4n) is 3.30. The summed E-state index contributed by atoms with van der Waals surface area (Å²) < 4.78 is 20.7. The normalized spacial score (nSPS) is 29.1. The van der Waals surface area contributed by atoms with Gasteiger partial charge >= 0.3 is 6.03 Å². The minimum absolute atomic E-state index is 0.0204. The lowest BCUT2D eigenvalue weighted by molar-refractivity contribution is -0.123. The van der Waals surface area contributed by atoms with E-state index in [-0.39, 0.29) is 42.2 Å². The molecule has 0 aromatic carbocycles. The Morgan fingerprint density at radius 2 is 2.00 bits per heavy atom. The molecular weight excluding hydrogens is 436 g/mol. The molecule has 3 aliphatic rings. The molecule has 11 heteroatoms. The summed E-state index contributed by atoms with van der Waals surface area (Å²) in [6.45, 7) is 2.16. The summed E-state index contributed by atoms with van der Waals surface area (Å²) in [5.74, 6) is 1.75. The van der Waals surface area contributed by atoms with Crippen LogP contribution in [0.5, 0.6) is 0 Å². The first-order valence-corrected chi connectivity index (χ1v) is 12.4. The van der Waals surface area contributed by atoms with Crippen LogP contribution < -0.4 is 15.8 Å². The van der Waals surface area contributed by atoms with Crippen LogP contribution in [0.25, 0.3) is 0 Å². The summed E-state index contributed by atoms with van der Waals surface area (Å²) in [6, 6.07) is -0.744. The van der Waals surface area contributed by atoms with Crippen molar-refractivity contribution in [3.8, 4) is 0 Å². The number of nitrogens with two attached hydrogens (primary N) is 1. The maximum absolute atomic E-state index is 12.4. The molecule has 0 bridgehead atoms. The maximum atomic E-state index is 12.4. The number of urea groups is 1. The van der Waals surface area contributed by atoms with E-state index in [0.717, 1.165) is 25.7 Å². The van der Waals surface area contributed by atoms with Crippen LogP contribution in [-0.2, 0) is 24.4 Å². The highest BCUT2D eigenvalue weighted by Crippen LogP contribution is 2.32. The predicted octanol–water partition coefficient (Wildman–Crippen LogP) is 0.416. The first kappa shape index (κ1) is 25.8. The van der Waals surface area contributed by atoms with Gasteiger partial charge in [0.1, 0.15) is 23.0 Å². The second-order valence-electron chi connectivity index (χ2n) is 8.51. The quantitative estimate of drug-likeness (QED) is 0.401. The predicted molar refractivity (Wildman–Crippen MR) is 119 cm³/mol. The van der Waals surface area contributed by atoms with Crippen molar-refractivity contribution in [1.29, 1.82) is 0 Å². The smallest absolute Gasteiger partial charge is 0.317 e. The van der Waals surface area contributed by atoms with Gasteiger partial charge in [-0.15, -0.1) is 0 Å². The lowest BCUT2D eigenvalue weighted by atomic mass is 10.1. The zero-order chi connectivity index (χ0) is 23.9. The molecule has 1 aliphatic heterocycles. The van der Waals surface area contributed by atoms with E-state index in [1.54, 1.807) is 11.9 Å². The molecule has 0 radical (unpaired) electrons. The van der Waals surface area contributed by atoms with Crippen LogP contribution in [0.4, 0.5) is 4.79 Å². The van der Waals surface area contributed by atoms with Crippen LogP contribution in [0.3, 0.4) is 0 Å². The Bertz CT molecular complexity index is 909. The van der Waals surface area contributed by atoms with Gasteiger partial charge in [0, 0.05) is 38.0 Å².